The van der Waals surface area contributed by atoms with Crippen LogP contribution in [0.5, 0.6) is 0 Å². The summed E-state index contributed by atoms with van der Waals surface area (Å²) in [7, 11) is 0. The summed E-state index contributed by atoms with van der Waals surface area (Å²) in [5.41, 5.74) is 1.29. The summed E-state index contributed by atoms with van der Waals surface area (Å²) in [5.74, 6) is 0.657. The first-order chi connectivity index (χ1) is 5.86. The number of fused-ring (bicyclic) bond motifs is 1. The van der Waals surface area contributed by atoms with E-state index in [-0.39, 0.29) is 0 Å². The minimum Gasteiger partial charge on any atom is -0.325 e. The molecule has 0 radical (unpaired) electrons. The second kappa shape index (κ2) is 3.02. The highest BCUT2D eigenvalue weighted by atomic mass is 15.1. The van der Waals surface area contributed by atoms with Crippen molar-refractivity contribution in [3.05, 3.63) is 48.5 Å². The molecule has 0 amide bonds. The van der Waals surface area contributed by atoms with Gasteiger partial charge in [0, 0.05) is 18.1 Å². The molecule has 0 fully saturated rings. The third-order valence-corrected chi connectivity index (χ3v) is 2.20. The Balaban J connectivity index is 2.29. The number of nitrogens with zero attached hydrogens (tertiary/aromatic N) is 1. The average molecular weight is 159 g/mol. The van der Waals surface area contributed by atoms with Crippen LogP contribution in [-0.2, 0) is 0 Å². The van der Waals surface area contributed by atoms with Gasteiger partial charge in [-0.2, -0.15) is 0 Å². The lowest BCUT2D eigenvalue weighted by molar-refractivity contribution is 0.645. The monoisotopic (exact) mass is 159 g/mol. The van der Waals surface area contributed by atoms with Crippen LogP contribution in [0.3, 0.4) is 0 Å². The highest BCUT2D eigenvalue weighted by Crippen LogP contribution is 2.20. The van der Waals surface area contributed by atoms with E-state index in [0.717, 1.165) is 6.42 Å². The molecule has 2 heterocycles. The van der Waals surface area contributed by atoms with E-state index < -0.39 is 0 Å². The molecule has 2 aliphatic rings. The molecule has 1 heteroatoms. The first kappa shape index (κ1) is 7.41. The average Bonchev–Trinajstić information content (AvgIpc) is 2.29. The molecule has 12 heavy (non-hydrogen) atoms. The highest BCUT2D eigenvalue weighted by Gasteiger charge is 2.07. The maximum absolute atomic E-state index is 2.28. The van der Waals surface area contributed by atoms with E-state index in [1.165, 1.54) is 5.70 Å². The summed E-state index contributed by atoms with van der Waals surface area (Å²) in [6.45, 7) is 2.24. The van der Waals surface area contributed by atoms with Gasteiger partial charge >= 0.3 is 0 Å². The van der Waals surface area contributed by atoms with Crippen molar-refractivity contribution in [1.82, 2.24) is 4.90 Å². The smallest absolute Gasteiger partial charge is 0.0409 e. The Hall–Kier alpha value is -1.24. The molecule has 2 rings (SSSR count). The van der Waals surface area contributed by atoms with Gasteiger partial charge in [-0.15, -0.1) is 0 Å². The minimum absolute atomic E-state index is 0.657. The Morgan fingerprint density at radius 2 is 2.25 bits per heavy atom. The minimum atomic E-state index is 0.657. The zero-order valence-corrected chi connectivity index (χ0v) is 7.27. The Morgan fingerprint density at radius 1 is 1.33 bits per heavy atom. The summed E-state index contributed by atoms with van der Waals surface area (Å²) in [4.78, 5) is 2.16. The van der Waals surface area contributed by atoms with Crippen molar-refractivity contribution in [2.24, 2.45) is 5.92 Å². The van der Waals surface area contributed by atoms with Gasteiger partial charge in [-0.25, -0.2) is 0 Å². The lowest BCUT2D eigenvalue weighted by atomic mass is 10.1. The van der Waals surface area contributed by atoms with Crippen molar-refractivity contribution in [2.45, 2.75) is 13.3 Å². The fraction of sp³-hybridized carbons (Fsp3) is 0.273. The molecule has 2 aliphatic heterocycles. The molecule has 0 spiro atoms. The van der Waals surface area contributed by atoms with Gasteiger partial charge in [-0.05, 0) is 24.5 Å². The van der Waals surface area contributed by atoms with Crippen LogP contribution in [0.25, 0.3) is 0 Å². The molecule has 1 unspecified atom stereocenters. The number of rotatable bonds is 0. The second-order valence-corrected chi connectivity index (χ2v) is 3.29. The molecule has 0 bridgehead atoms. The summed E-state index contributed by atoms with van der Waals surface area (Å²) in [6, 6.07) is 0. The molecule has 0 aromatic heterocycles. The summed E-state index contributed by atoms with van der Waals surface area (Å²) < 4.78 is 0. The van der Waals surface area contributed by atoms with Gasteiger partial charge in [-0.1, -0.05) is 25.2 Å². The predicted molar refractivity (Wildman–Crippen MR) is 51.1 cm³/mol. The van der Waals surface area contributed by atoms with Gasteiger partial charge in [0.1, 0.15) is 0 Å². The van der Waals surface area contributed by atoms with E-state index in [1.54, 1.807) is 0 Å². The van der Waals surface area contributed by atoms with Crippen molar-refractivity contribution in [3.63, 3.8) is 0 Å². The molecular weight excluding hydrogens is 146 g/mol. The van der Waals surface area contributed by atoms with Crippen molar-refractivity contribution in [3.8, 4) is 0 Å². The Labute approximate surface area is 73.4 Å². The van der Waals surface area contributed by atoms with Crippen molar-refractivity contribution in [1.29, 1.82) is 0 Å². The zero-order chi connectivity index (χ0) is 8.39. The molecule has 1 atom stereocenters. The van der Waals surface area contributed by atoms with Crippen LogP contribution in [0.4, 0.5) is 0 Å². The van der Waals surface area contributed by atoms with E-state index in [0.29, 0.717) is 5.92 Å². The van der Waals surface area contributed by atoms with Gasteiger partial charge < -0.3 is 4.90 Å². The normalized spacial score (nSPS) is 26.6. The van der Waals surface area contributed by atoms with E-state index in [2.05, 4.69) is 54.6 Å². The molecule has 0 aliphatic carbocycles. The van der Waals surface area contributed by atoms with Crippen molar-refractivity contribution in [2.75, 3.05) is 0 Å². The van der Waals surface area contributed by atoms with Crippen LogP contribution >= 0.6 is 0 Å². The van der Waals surface area contributed by atoms with Gasteiger partial charge in [-0.3, -0.25) is 0 Å². The van der Waals surface area contributed by atoms with Crippen LogP contribution in [0.2, 0.25) is 0 Å². The summed E-state index contributed by atoms with van der Waals surface area (Å²) in [6.07, 6.45) is 16.2. The van der Waals surface area contributed by atoms with Crippen LogP contribution in [0.1, 0.15) is 13.3 Å². The topological polar surface area (TPSA) is 3.24 Å². The number of hydrogen-bond acceptors (Lipinski definition) is 1. The van der Waals surface area contributed by atoms with Gasteiger partial charge in [0.05, 0.1) is 0 Å². The highest BCUT2D eigenvalue weighted by molar-refractivity contribution is 5.31. The molecule has 0 saturated heterocycles. The van der Waals surface area contributed by atoms with Crippen LogP contribution in [-0.4, -0.2) is 4.90 Å². The molecule has 0 aromatic rings. The third kappa shape index (κ3) is 1.35. The largest absolute Gasteiger partial charge is 0.325 e. The van der Waals surface area contributed by atoms with Gasteiger partial charge in [0.25, 0.3) is 0 Å². The van der Waals surface area contributed by atoms with E-state index in [4.69, 9.17) is 0 Å². The standard InChI is InChI=1S/C11H13N/c1-10-5-6-11-4-2-3-8-12(11)9-7-10/h2-4,6-10H,5H2,1H3. The van der Waals surface area contributed by atoms with Crippen molar-refractivity contribution < 1.29 is 0 Å². The molecule has 1 nitrogen and oxygen atoms in total. The maximum Gasteiger partial charge on any atom is 0.0409 e. The zero-order valence-electron chi connectivity index (χ0n) is 7.27. The van der Waals surface area contributed by atoms with Gasteiger partial charge in [0.15, 0.2) is 0 Å². The predicted octanol–water partition coefficient (Wildman–Crippen LogP) is 2.81. The van der Waals surface area contributed by atoms with E-state index in [9.17, 15) is 0 Å². The number of allylic oxidation sites excluding steroid dienone is 5. The fourth-order valence-corrected chi connectivity index (χ4v) is 1.40. The molecule has 0 saturated carbocycles. The Morgan fingerprint density at radius 3 is 3.17 bits per heavy atom. The van der Waals surface area contributed by atoms with Crippen LogP contribution in [0, 0.1) is 5.92 Å². The third-order valence-electron chi connectivity index (χ3n) is 2.20. The summed E-state index contributed by atoms with van der Waals surface area (Å²) in [5, 5.41) is 0. The van der Waals surface area contributed by atoms with E-state index in [1.807, 2.05) is 0 Å². The quantitative estimate of drug-likeness (QED) is 0.525. The Bertz CT molecular complexity index is 281. The van der Waals surface area contributed by atoms with Crippen molar-refractivity contribution >= 4 is 0 Å². The SMILES string of the molecule is CC1C=CN2C=CC=CC2=CC1. The van der Waals surface area contributed by atoms with E-state index >= 15 is 0 Å². The first-order valence-corrected chi connectivity index (χ1v) is 4.38. The molecule has 0 N–H and O–H groups in total. The molecular formula is C11H13N. The maximum atomic E-state index is 2.28. The van der Waals surface area contributed by atoms with Crippen LogP contribution < -0.4 is 0 Å². The Kier molecular flexibility index (Phi) is 1.86. The van der Waals surface area contributed by atoms with Crippen LogP contribution in [0.15, 0.2) is 48.5 Å². The first-order valence-electron chi connectivity index (χ1n) is 4.38. The summed E-state index contributed by atoms with van der Waals surface area (Å²) >= 11 is 0. The lowest BCUT2D eigenvalue weighted by Crippen LogP contribution is -2.08. The molecule has 62 valence electrons. The molecule has 0 aromatic carbocycles. The second-order valence-electron chi connectivity index (χ2n) is 3.29. The fourth-order valence-electron chi connectivity index (χ4n) is 1.40. The lowest BCUT2D eigenvalue weighted by Gasteiger charge is -2.17. The number of hydrogen-bond donors (Lipinski definition) is 0. The van der Waals surface area contributed by atoms with Gasteiger partial charge in [0.2, 0.25) is 0 Å².